The van der Waals surface area contributed by atoms with Crippen molar-refractivity contribution in [2.45, 2.75) is 32.4 Å². The molecule has 0 saturated heterocycles. The topological polar surface area (TPSA) is 80.0 Å². The van der Waals surface area contributed by atoms with Crippen molar-refractivity contribution < 1.29 is 9.90 Å². The van der Waals surface area contributed by atoms with E-state index in [4.69, 9.17) is 0 Å². The number of carbonyl (C=O) groups is 1. The maximum atomic E-state index is 12.7. The number of benzene rings is 1. The molecule has 6 nitrogen and oxygen atoms in total. The Morgan fingerprint density at radius 3 is 2.76 bits per heavy atom. The number of aliphatic hydroxyl groups excluding tert-OH is 1. The zero-order valence-corrected chi connectivity index (χ0v) is 14.6. The lowest BCUT2D eigenvalue weighted by Gasteiger charge is -2.20. The molecule has 0 aliphatic rings. The Morgan fingerprint density at radius 2 is 2.04 bits per heavy atom. The summed E-state index contributed by atoms with van der Waals surface area (Å²) >= 11 is 0. The summed E-state index contributed by atoms with van der Waals surface area (Å²) in [5.74, 6) is -0.233. The van der Waals surface area contributed by atoms with E-state index in [1.165, 1.54) is 0 Å². The minimum absolute atomic E-state index is 0.233. The number of hydrogen-bond acceptors (Lipinski definition) is 4. The van der Waals surface area contributed by atoms with Gasteiger partial charge < -0.3 is 10.4 Å². The average Bonchev–Trinajstić information content (AvgIpc) is 2.96. The first-order valence-electron chi connectivity index (χ1n) is 8.28. The van der Waals surface area contributed by atoms with Gasteiger partial charge in [0.2, 0.25) is 0 Å². The number of aliphatic hydroxyl groups is 1. The Morgan fingerprint density at radius 1 is 1.32 bits per heavy atom. The fourth-order valence-electron chi connectivity index (χ4n) is 2.84. The monoisotopic (exact) mass is 338 g/mol. The number of pyridine rings is 1. The second-order valence-corrected chi connectivity index (χ2v) is 6.34. The number of hydrogen-bond donors (Lipinski definition) is 2. The third kappa shape index (κ3) is 3.69. The van der Waals surface area contributed by atoms with E-state index in [1.807, 2.05) is 37.3 Å². The van der Waals surface area contributed by atoms with E-state index in [0.717, 1.165) is 11.3 Å². The van der Waals surface area contributed by atoms with Crippen LogP contribution < -0.4 is 5.32 Å². The third-order valence-electron chi connectivity index (χ3n) is 4.30. The van der Waals surface area contributed by atoms with Crippen molar-refractivity contribution >= 4 is 16.9 Å². The molecule has 1 amide bonds. The van der Waals surface area contributed by atoms with Crippen LogP contribution in [0.4, 0.5) is 0 Å². The molecule has 0 aliphatic heterocycles. The maximum Gasteiger partial charge on any atom is 0.252 e. The molecule has 0 bridgehead atoms. The van der Waals surface area contributed by atoms with Crippen LogP contribution in [-0.4, -0.2) is 37.9 Å². The summed E-state index contributed by atoms with van der Waals surface area (Å²) in [6, 6.07) is 11.1. The quantitative estimate of drug-likeness (QED) is 0.746. The Balaban J connectivity index is 1.75. The van der Waals surface area contributed by atoms with Crippen molar-refractivity contribution in [3.8, 4) is 0 Å². The van der Waals surface area contributed by atoms with Gasteiger partial charge in [0.25, 0.3) is 5.91 Å². The predicted molar refractivity (Wildman–Crippen MR) is 96.3 cm³/mol. The number of nitrogens with one attached hydrogen (secondary N) is 1. The molecule has 0 saturated carbocycles. The molecule has 0 radical (unpaired) electrons. The third-order valence-corrected chi connectivity index (χ3v) is 4.30. The largest absolute Gasteiger partial charge is 0.391 e. The molecule has 2 unspecified atom stereocenters. The van der Waals surface area contributed by atoms with Crippen molar-refractivity contribution in [1.82, 2.24) is 20.1 Å². The fourth-order valence-corrected chi connectivity index (χ4v) is 2.84. The Hall–Kier alpha value is -2.73. The van der Waals surface area contributed by atoms with Gasteiger partial charge in [-0.3, -0.25) is 9.48 Å². The second kappa shape index (κ2) is 7.03. The van der Waals surface area contributed by atoms with Crippen LogP contribution >= 0.6 is 0 Å². The van der Waals surface area contributed by atoms with Crippen LogP contribution in [0.15, 0.2) is 42.6 Å². The Kier molecular flexibility index (Phi) is 4.81. The lowest BCUT2D eigenvalue weighted by molar-refractivity contribution is 0.0853. The van der Waals surface area contributed by atoms with Crippen molar-refractivity contribution in [2.24, 2.45) is 7.05 Å². The molecule has 2 aromatic heterocycles. The first-order chi connectivity index (χ1) is 12.0. The number of nitrogens with zero attached hydrogens (tertiary/aromatic N) is 3. The molecule has 6 heteroatoms. The van der Waals surface area contributed by atoms with E-state index in [2.05, 4.69) is 15.4 Å². The molecule has 2 atom stereocenters. The van der Waals surface area contributed by atoms with Gasteiger partial charge in [-0.05, 0) is 25.5 Å². The van der Waals surface area contributed by atoms with E-state index in [1.54, 1.807) is 30.9 Å². The molecule has 1 aromatic carbocycles. The second-order valence-electron chi connectivity index (χ2n) is 6.34. The zero-order valence-electron chi connectivity index (χ0n) is 14.6. The van der Waals surface area contributed by atoms with E-state index in [9.17, 15) is 9.90 Å². The SMILES string of the molecule is Cc1cc(C(=O)NC(C)C(O)Cc2ccccc2)c2cnn(C)c2n1. The highest BCUT2D eigenvalue weighted by Crippen LogP contribution is 2.18. The van der Waals surface area contributed by atoms with Gasteiger partial charge in [-0.15, -0.1) is 0 Å². The number of carbonyl (C=O) groups excluding carboxylic acids is 1. The Bertz CT molecular complexity index is 889. The smallest absolute Gasteiger partial charge is 0.252 e. The summed E-state index contributed by atoms with van der Waals surface area (Å²) in [5.41, 5.74) is 2.97. The highest BCUT2D eigenvalue weighted by atomic mass is 16.3. The first kappa shape index (κ1) is 17.1. The van der Waals surface area contributed by atoms with Gasteiger partial charge in [-0.1, -0.05) is 30.3 Å². The molecule has 2 heterocycles. The lowest BCUT2D eigenvalue weighted by Crippen LogP contribution is -2.42. The van der Waals surface area contributed by atoms with Gasteiger partial charge in [0.05, 0.1) is 29.3 Å². The highest BCUT2D eigenvalue weighted by Gasteiger charge is 2.20. The van der Waals surface area contributed by atoms with Crippen molar-refractivity contribution in [1.29, 1.82) is 0 Å². The van der Waals surface area contributed by atoms with Gasteiger partial charge >= 0.3 is 0 Å². The van der Waals surface area contributed by atoms with Gasteiger partial charge in [-0.2, -0.15) is 5.10 Å². The summed E-state index contributed by atoms with van der Waals surface area (Å²) in [4.78, 5) is 17.1. The van der Waals surface area contributed by atoms with E-state index in [0.29, 0.717) is 23.0 Å². The summed E-state index contributed by atoms with van der Waals surface area (Å²) in [5, 5.41) is 18.2. The molecule has 0 spiro atoms. The van der Waals surface area contributed by atoms with Crippen LogP contribution in [-0.2, 0) is 13.5 Å². The van der Waals surface area contributed by atoms with Gasteiger partial charge in [0.15, 0.2) is 5.65 Å². The minimum Gasteiger partial charge on any atom is -0.391 e. The van der Waals surface area contributed by atoms with Crippen molar-refractivity contribution in [3.05, 3.63) is 59.4 Å². The van der Waals surface area contributed by atoms with Crippen molar-refractivity contribution in [2.75, 3.05) is 0 Å². The number of aromatic nitrogens is 3. The maximum absolute atomic E-state index is 12.7. The van der Waals surface area contributed by atoms with Gasteiger partial charge in [-0.25, -0.2) is 4.98 Å². The molecule has 3 rings (SSSR count). The molecule has 3 aromatic rings. The average molecular weight is 338 g/mol. The summed E-state index contributed by atoms with van der Waals surface area (Å²) in [6.07, 6.45) is 1.46. The molecule has 130 valence electrons. The highest BCUT2D eigenvalue weighted by molar-refractivity contribution is 6.05. The number of rotatable bonds is 5. The van der Waals surface area contributed by atoms with Gasteiger partial charge in [0.1, 0.15) is 0 Å². The summed E-state index contributed by atoms with van der Waals surface area (Å²) < 4.78 is 1.65. The van der Waals surface area contributed by atoms with Crippen molar-refractivity contribution in [3.63, 3.8) is 0 Å². The van der Waals surface area contributed by atoms with E-state index in [-0.39, 0.29) is 11.9 Å². The molecule has 25 heavy (non-hydrogen) atoms. The van der Waals surface area contributed by atoms with Crippen LogP contribution in [0.1, 0.15) is 28.5 Å². The van der Waals surface area contributed by atoms with Gasteiger partial charge in [0, 0.05) is 19.2 Å². The zero-order chi connectivity index (χ0) is 18.0. The summed E-state index contributed by atoms with van der Waals surface area (Å²) in [7, 11) is 1.79. The lowest BCUT2D eigenvalue weighted by atomic mass is 10.0. The first-order valence-corrected chi connectivity index (χ1v) is 8.28. The number of fused-ring (bicyclic) bond motifs is 1. The predicted octanol–water partition coefficient (Wildman–Crippen LogP) is 2.00. The minimum atomic E-state index is -0.668. The molecule has 0 aliphatic carbocycles. The van der Waals surface area contributed by atoms with E-state index < -0.39 is 6.10 Å². The van der Waals surface area contributed by atoms with Crippen LogP contribution in [0.25, 0.3) is 11.0 Å². The van der Waals surface area contributed by atoms with Crippen LogP contribution in [0, 0.1) is 6.92 Å². The normalized spacial score (nSPS) is 13.6. The Labute approximate surface area is 146 Å². The van der Waals surface area contributed by atoms with E-state index >= 15 is 0 Å². The molecule has 2 N–H and O–H groups in total. The van der Waals surface area contributed by atoms with Crippen LogP contribution in [0.3, 0.4) is 0 Å². The molecule has 0 fully saturated rings. The number of aryl methyl sites for hydroxylation is 2. The molecular formula is C19H22N4O2. The standard InChI is InChI=1S/C19H22N4O2/c1-12-9-15(16-11-20-23(3)18(16)21-12)19(25)22-13(2)17(24)10-14-7-5-4-6-8-14/h4-9,11,13,17,24H,10H2,1-3H3,(H,22,25). The van der Waals surface area contributed by atoms with Crippen LogP contribution in [0.5, 0.6) is 0 Å². The van der Waals surface area contributed by atoms with Crippen LogP contribution in [0.2, 0.25) is 0 Å². The molecular weight excluding hydrogens is 316 g/mol. The summed E-state index contributed by atoms with van der Waals surface area (Å²) in [6.45, 7) is 3.65. The number of amides is 1. The fraction of sp³-hybridized carbons (Fsp3) is 0.316.